The molecule has 3 aliphatic carbocycles. The van der Waals surface area contributed by atoms with Gasteiger partial charge in [0.2, 0.25) is 0 Å². The molecule has 24 heavy (non-hydrogen) atoms. The van der Waals surface area contributed by atoms with Crippen LogP contribution in [-0.2, 0) is 10.8 Å². The predicted molar refractivity (Wildman–Crippen MR) is 105 cm³/mol. The molecule has 1 aromatic rings. The van der Waals surface area contributed by atoms with Crippen LogP contribution < -0.4 is 0 Å². The summed E-state index contributed by atoms with van der Waals surface area (Å²) < 4.78 is 0. The summed E-state index contributed by atoms with van der Waals surface area (Å²) >= 11 is 0. The van der Waals surface area contributed by atoms with E-state index in [1.807, 2.05) is 13.8 Å². The molecule has 2 atom stereocenters. The second-order valence-electron chi connectivity index (χ2n) is 9.16. The smallest absolute Gasteiger partial charge is 0.0222 e. The second kappa shape index (κ2) is 5.61. The normalized spacial score (nSPS) is 31.5. The lowest BCUT2D eigenvalue weighted by atomic mass is 9.72. The Labute approximate surface area is 149 Å². The van der Waals surface area contributed by atoms with Gasteiger partial charge in [-0.2, -0.15) is 0 Å². The van der Waals surface area contributed by atoms with Gasteiger partial charge in [0.1, 0.15) is 0 Å². The highest BCUT2D eigenvalue weighted by molar-refractivity contribution is 5.61. The van der Waals surface area contributed by atoms with Crippen molar-refractivity contribution in [3.63, 3.8) is 0 Å². The number of hydrogen-bond donors (Lipinski definition) is 0. The Hall–Kier alpha value is -1.30. The molecular weight excluding hydrogens is 288 g/mol. The van der Waals surface area contributed by atoms with E-state index in [0.717, 1.165) is 0 Å². The molecule has 0 heteroatoms. The zero-order valence-electron chi connectivity index (χ0n) is 16.7. The highest BCUT2D eigenvalue weighted by atomic mass is 14.6. The highest BCUT2D eigenvalue weighted by Crippen LogP contribution is 2.66. The van der Waals surface area contributed by atoms with Gasteiger partial charge < -0.3 is 0 Å². The van der Waals surface area contributed by atoms with E-state index in [1.165, 1.54) is 19.3 Å². The van der Waals surface area contributed by atoms with Gasteiger partial charge in [0, 0.05) is 5.41 Å². The van der Waals surface area contributed by atoms with Gasteiger partial charge in [0.25, 0.3) is 0 Å². The molecule has 1 aromatic carbocycles. The van der Waals surface area contributed by atoms with E-state index < -0.39 is 0 Å². The van der Waals surface area contributed by atoms with Crippen LogP contribution in [0.4, 0.5) is 0 Å². The molecule has 0 heterocycles. The molecule has 0 N–H and O–H groups in total. The quantitative estimate of drug-likeness (QED) is 0.484. The van der Waals surface area contributed by atoms with Crippen molar-refractivity contribution in [2.24, 2.45) is 11.3 Å². The van der Waals surface area contributed by atoms with Crippen LogP contribution in [0.25, 0.3) is 0 Å². The van der Waals surface area contributed by atoms with Crippen LogP contribution in [0, 0.1) is 11.3 Å². The maximum Gasteiger partial charge on any atom is 0.0222 e. The molecule has 1 spiro atoms. The average Bonchev–Trinajstić information content (AvgIpc) is 2.90. The van der Waals surface area contributed by atoms with Crippen molar-refractivity contribution in [2.75, 3.05) is 0 Å². The van der Waals surface area contributed by atoms with Crippen LogP contribution in [0.3, 0.4) is 0 Å². The van der Waals surface area contributed by atoms with Gasteiger partial charge in [0.15, 0.2) is 0 Å². The summed E-state index contributed by atoms with van der Waals surface area (Å²) in [5.74, 6) is 0.681. The number of hydrogen-bond acceptors (Lipinski definition) is 0. The first-order valence-electron chi connectivity index (χ1n) is 9.80. The van der Waals surface area contributed by atoms with E-state index in [2.05, 4.69) is 71.0 Å². The Bertz CT molecular complexity index is 699. The molecule has 3 aliphatic rings. The summed E-state index contributed by atoms with van der Waals surface area (Å²) in [6.07, 6.45) is 8.89. The largest absolute Gasteiger partial charge is 0.0799 e. The molecule has 4 rings (SSSR count). The topological polar surface area (TPSA) is 0 Å². The van der Waals surface area contributed by atoms with Gasteiger partial charge >= 0.3 is 0 Å². The lowest BCUT2D eigenvalue weighted by Crippen LogP contribution is -2.26. The van der Waals surface area contributed by atoms with Crippen LogP contribution in [0.5, 0.6) is 0 Å². The fourth-order valence-electron chi connectivity index (χ4n) is 5.69. The molecule has 0 radical (unpaired) electrons. The molecule has 2 unspecified atom stereocenters. The molecule has 0 aliphatic heterocycles. The van der Waals surface area contributed by atoms with E-state index in [9.17, 15) is 0 Å². The fraction of sp³-hybridized carbons (Fsp3) is 0.583. The molecule has 0 saturated heterocycles. The first-order chi connectivity index (χ1) is 11.3. The van der Waals surface area contributed by atoms with Crippen LogP contribution in [0.1, 0.15) is 78.9 Å². The summed E-state index contributed by atoms with van der Waals surface area (Å²) in [5.41, 5.74) is 7.32. The molecule has 1 saturated carbocycles. The maximum atomic E-state index is 2.60. The summed E-state index contributed by atoms with van der Waals surface area (Å²) in [6, 6.07) is 9.23. The van der Waals surface area contributed by atoms with Gasteiger partial charge in [-0.15, -0.1) is 0 Å². The number of allylic oxidation sites excluding steroid dienone is 4. The minimum atomic E-state index is 0.254. The van der Waals surface area contributed by atoms with Gasteiger partial charge in [0.05, 0.1) is 0 Å². The Morgan fingerprint density at radius 3 is 2.08 bits per heavy atom. The third kappa shape index (κ3) is 2.33. The Kier molecular flexibility index (Phi) is 4.10. The standard InChI is InChI=1S/C22H28.C2H6/c1-15-10-11-17-19(12-15)22(14-21(17,4)5)13-20(2,3)16-8-6-7-9-18(16)22;1-2/h6-9,11-12,15H,10,13-14H2,1-5H3;1-2H3. The molecule has 0 bridgehead atoms. The maximum absolute atomic E-state index is 2.60. The summed E-state index contributed by atoms with van der Waals surface area (Å²) in [4.78, 5) is 0. The molecule has 0 amide bonds. The molecule has 1 fully saturated rings. The van der Waals surface area contributed by atoms with Crippen LogP contribution in [0.2, 0.25) is 0 Å². The van der Waals surface area contributed by atoms with Crippen LogP contribution in [0.15, 0.2) is 47.6 Å². The van der Waals surface area contributed by atoms with Crippen molar-refractivity contribution in [3.05, 3.63) is 58.7 Å². The fourth-order valence-corrected chi connectivity index (χ4v) is 5.69. The molecule has 130 valence electrons. The minimum absolute atomic E-state index is 0.254. The van der Waals surface area contributed by atoms with Crippen molar-refractivity contribution in [1.82, 2.24) is 0 Å². The van der Waals surface area contributed by atoms with Crippen molar-refractivity contribution in [3.8, 4) is 0 Å². The zero-order chi connectivity index (χ0) is 17.8. The minimum Gasteiger partial charge on any atom is -0.0799 e. The molecule has 0 nitrogen and oxygen atoms in total. The molecule has 0 aromatic heterocycles. The van der Waals surface area contributed by atoms with E-state index in [4.69, 9.17) is 0 Å². The summed E-state index contributed by atoms with van der Waals surface area (Å²) in [7, 11) is 0. The van der Waals surface area contributed by atoms with Gasteiger partial charge in [-0.1, -0.05) is 84.9 Å². The lowest BCUT2D eigenvalue weighted by molar-refractivity contribution is 0.332. The van der Waals surface area contributed by atoms with Crippen molar-refractivity contribution < 1.29 is 0 Å². The van der Waals surface area contributed by atoms with Crippen molar-refractivity contribution in [1.29, 1.82) is 0 Å². The Morgan fingerprint density at radius 1 is 0.833 bits per heavy atom. The van der Waals surface area contributed by atoms with Crippen LogP contribution >= 0.6 is 0 Å². The van der Waals surface area contributed by atoms with Crippen molar-refractivity contribution in [2.45, 2.75) is 78.6 Å². The number of fused-ring (bicyclic) bond motifs is 4. The highest BCUT2D eigenvalue weighted by Gasteiger charge is 2.58. The van der Waals surface area contributed by atoms with E-state index in [-0.39, 0.29) is 10.8 Å². The lowest BCUT2D eigenvalue weighted by Gasteiger charge is -2.31. The number of rotatable bonds is 0. The van der Waals surface area contributed by atoms with E-state index in [0.29, 0.717) is 11.3 Å². The van der Waals surface area contributed by atoms with E-state index >= 15 is 0 Å². The predicted octanol–water partition coefficient (Wildman–Crippen LogP) is 6.95. The van der Waals surface area contributed by atoms with Gasteiger partial charge in [-0.3, -0.25) is 0 Å². The third-order valence-electron chi connectivity index (χ3n) is 6.34. The summed E-state index contributed by atoms with van der Waals surface area (Å²) in [5, 5.41) is 0. The first-order valence-corrected chi connectivity index (χ1v) is 9.80. The third-order valence-corrected chi connectivity index (χ3v) is 6.34. The Balaban J connectivity index is 0.000000815. The second-order valence-corrected chi connectivity index (χ2v) is 9.16. The average molecular weight is 323 g/mol. The Morgan fingerprint density at radius 2 is 1.42 bits per heavy atom. The van der Waals surface area contributed by atoms with Gasteiger partial charge in [-0.05, 0) is 58.3 Å². The van der Waals surface area contributed by atoms with E-state index in [1.54, 1.807) is 22.3 Å². The monoisotopic (exact) mass is 322 g/mol. The van der Waals surface area contributed by atoms with Crippen molar-refractivity contribution >= 4 is 0 Å². The van der Waals surface area contributed by atoms with Crippen LogP contribution in [-0.4, -0.2) is 0 Å². The SMILES string of the molecule is CC.CC1C=C2C(=CC1)C(C)(C)CC21CC(C)(C)c2ccccc21. The first kappa shape index (κ1) is 17.5. The molecular formula is C24H34. The number of benzene rings is 1. The van der Waals surface area contributed by atoms with Gasteiger partial charge in [-0.25, -0.2) is 0 Å². The zero-order valence-corrected chi connectivity index (χ0v) is 16.7. The summed E-state index contributed by atoms with van der Waals surface area (Å²) in [6.45, 7) is 16.1.